The maximum absolute atomic E-state index is 6.14. The summed E-state index contributed by atoms with van der Waals surface area (Å²) in [6.07, 6.45) is 3.69. The summed E-state index contributed by atoms with van der Waals surface area (Å²) < 4.78 is 10.6. The molecule has 1 aromatic carbocycles. The molecule has 6 heteroatoms. The van der Waals surface area contributed by atoms with Gasteiger partial charge in [0.25, 0.3) is 0 Å². The van der Waals surface area contributed by atoms with Crippen molar-refractivity contribution in [3.05, 3.63) is 40.7 Å². The van der Waals surface area contributed by atoms with Gasteiger partial charge >= 0.3 is 0 Å². The maximum Gasteiger partial charge on any atom is 0.231 e. The number of aromatic amines is 1. The van der Waals surface area contributed by atoms with E-state index < -0.39 is 0 Å². The van der Waals surface area contributed by atoms with Crippen molar-refractivity contribution < 1.29 is 9.47 Å². The topological polar surface area (TPSA) is 59.2 Å². The Morgan fingerprint density at radius 1 is 1.47 bits per heavy atom. The molecule has 0 saturated heterocycles. The van der Waals surface area contributed by atoms with Crippen LogP contribution in [-0.4, -0.2) is 17.0 Å². The number of H-pyrrole nitrogens is 1. The van der Waals surface area contributed by atoms with Gasteiger partial charge in [-0.3, -0.25) is 5.10 Å². The van der Waals surface area contributed by atoms with Crippen LogP contribution in [0.1, 0.15) is 24.1 Å². The Labute approximate surface area is 115 Å². The normalized spacial score (nSPS) is 14.6. The van der Waals surface area contributed by atoms with Crippen LogP contribution in [0.3, 0.4) is 0 Å². The molecular formula is C13H14ClN3O2. The van der Waals surface area contributed by atoms with Crippen LogP contribution in [-0.2, 0) is 6.54 Å². The highest BCUT2D eigenvalue weighted by Gasteiger charge is 2.18. The third-order valence-electron chi connectivity index (χ3n) is 3.12. The van der Waals surface area contributed by atoms with Gasteiger partial charge in [0, 0.05) is 24.3 Å². The van der Waals surface area contributed by atoms with Crippen LogP contribution in [0.2, 0.25) is 5.02 Å². The van der Waals surface area contributed by atoms with Crippen molar-refractivity contribution in [3.8, 4) is 11.5 Å². The Morgan fingerprint density at radius 3 is 3.16 bits per heavy atom. The number of benzene rings is 1. The summed E-state index contributed by atoms with van der Waals surface area (Å²) in [5, 5.41) is 10.7. The zero-order valence-electron chi connectivity index (χ0n) is 10.4. The second-order valence-electron chi connectivity index (χ2n) is 4.45. The van der Waals surface area contributed by atoms with Crippen molar-refractivity contribution in [2.75, 3.05) is 6.79 Å². The van der Waals surface area contributed by atoms with Gasteiger partial charge in [0.2, 0.25) is 6.79 Å². The van der Waals surface area contributed by atoms with Crippen LogP contribution in [0.15, 0.2) is 24.5 Å². The Morgan fingerprint density at radius 2 is 2.37 bits per heavy atom. The zero-order valence-corrected chi connectivity index (χ0v) is 11.2. The summed E-state index contributed by atoms with van der Waals surface area (Å²) in [5.41, 5.74) is 2.18. The molecule has 2 N–H and O–H groups in total. The molecule has 1 aromatic heterocycles. The molecule has 2 aromatic rings. The third kappa shape index (κ3) is 2.52. The van der Waals surface area contributed by atoms with Crippen LogP contribution in [0, 0.1) is 0 Å². The molecule has 1 atom stereocenters. The molecule has 0 fully saturated rings. The van der Waals surface area contributed by atoms with Crippen LogP contribution in [0.5, 0.6) is 11.5 Å². The van der Waals surface area contributed by atoms with Crippen molar-refractivity contribution in [3.63, 3.8) is 0 Å². The van der Waals surface area contributed by atoms with Gasteiger partial charge in [-0.2, -0.15) is 5.10 Å². The van der Waals surface area contributed by atoms with Gasteiger partial charge < -0.3 is 14.8 Å². The predicted molar refractivity (Wildman–Crippen MR) is 71.4 cm³/mol. The van der Waals surface area contributed by atoms with Crippen molar-refractivity contribution >= 4 is 11.6 Å². The molecule has 1 aliphatic heterocycles. The van der Waals surface area contributed by atoms with Gasteiger partial charge in [-0.15, -0.1) is 0 Å². The number of aromatic nitrogens is 2. The van der Waals surface area contributed by atoms with Gasteiger partial charge in [-0.1, -0.05) is 11.6 Å². The molecule has 2 heterocycles. The van der Waals surface area contributed by atoms with Crippen molar-refractivity contribution in [2.24, 2.45) is 0 Å². The molecule has 19 heavy (non-hydrogen) atoms. The SMILES string of the molecule is CC(NCc1cc(Cl)c2c(c1)OCO2)c1cn[nH]c1. The second-order valence-corrected chi connectivity index (χ2v) is 4.85. The van der Waals surface area contributed by atoms with E-state index in [4.69, 9.17) is 21.1 Å². The molecule has 100 valence electrons. The number of rotatable bonds is 4. The molecule has 0 radical (unpaired) electrons. The predicted octanol–water partition coefficient (Wildman–Crippen LogP) is 2.64. The van der Waals surface area contributed by atoms with Gasteiger partial charge in [-0.25, -0.2) is 0 Å². The van der Waals surface area contributed by atoms with Gasteiger partial charge in [0.05, 0.1) is 11.2 Å². The van der Waals surface area contributed by atoms with Crippen molar-refractivity contribution in [1.82, 2.24) is 15.5 Å². The fourth-order valence-corrected chi connectivity index (χ4v) is 2.30. The Hall–Kier alpha value is -1.72. The number of fused-ring (bicyclic) bond motifs is 1. The molecular weight excluding hydrogens is 266 g/mol. The zero-order chi connectivity index (χ0) is 13.2. The van der Waals surface area contributed by atoms with Crippen LogP contribution in [0.4, 0.5) is 0 Å². The average molecular weight is 280 g/mol. The molecule has 0 amide bonds. The van der Waals surface area contributed by atoms with E-state index in [1.807, 2.05) is 24.5 Å². The number of halogens is 1. The summed E-state index contributed by atoms with van der Waals surface area (Å²) in [4.78, 5) is 0. The molecule has 1 unspecified atom stereocenters. The molecule has 0 bridgehead atoms. The van der Waals surface area contributed by atoms with Crippen molar-refractivity contribution in [1.29, 1.82) is 0 Å². The summed E-state index contributed by atoms with van der Waals surface area (Å²) in [7, 11) is 0. The lowest BCUT2D eigenvalue weighted by Crippen LogP contribution is -2.17. The highest BCUT2D eigenvalue weighted by Crippen LogP contribution is 2.39. The number of hydrogen-bond donors (Lipinski definition) is 2. The van der Waals surface area contributed by atoms with E-state index in [-0.39, 0.29) is 12.8 Å². The Balaban J connectivity index is 1.69. The highest BCUT2D eigenvalue weighted by molar-refractivity contribution is 6.32. The van der Waals surface area contributed by atoms with Crippen LogP contribution in [0.25, 0.3) is 0 Å². The van der Waals surface area contributed by atoms with E-state index in [0.29, 0.717) is 23.1 Å². The van der Waals surface area contributed by atoms with Gasteiger partial charge in [0.1, 0.15) is 0 Å². The lowest BCUT2D eigenvalue weighted by Gasteiger charge is -2.12. The van der Waals surface area contributed by atoms with E-state index in [0.717, 1.165) is 11.1 Å². The van der Waals surface area contributed by atoms with Gasteiger partial charge in [-0.05, 0) is 24.6 Å². The first-order chi connectivity index (χ1) is 9.24. The van der Waals surface area contributed by atoms with Crippen LogP contribution < -0.4 is 14.8 Å². The second kappa shape index (κ2) is 5.11. The lowest BCUT2D eigenvalue weighted by molar-refractivity contribution is 0.174. The van der Waals surface area contributed by atoms with E-state index in [2.05, 4.69) is 22.4 Å². The Bertz CT molecular complexity index is 572. The first-order valence-electron chi connectivity index (χ1n) is 6.04. The average Bonchev–Trinajstić information content (AvgIpc) is 3.06. The molecule has 3 rings (SSSR count). The largest absolute Gasteiger partial charge is 0.454 e. The first-order valence-corrected chi connectivity index (χ1v) is 6.42. The number of nitrogens with zero attached hydrogens (tertiary/aromatic N) is 1. The summed E-state index contributed by atoms with van der Waals surface area (Å²) in [6.45, 7) is 3.01. The fraction of sp³-hybridized carbons (Fsp3) is 0.308. The Kier molecular flexibility index (Phi) is 3.31. The minimum absolute atomic E-state index is 0.211. The monoisotopic (exact) mass is 279 g/mol. The van der Waals surface area contributed by atoms with Crippen molar-refractivity contribution in [2.45, 2.75) is 19.5 Å². The molecule has 5 nitrogen and oxygen atoms in total. The minimum Gasteiger partial charge on any atom is -0.454 e. The maximum atomic E-state index is 6.14. The summed E-state index contributed by atoms with van der Waals surface area (Å²) >= 11 is 6.14. The fourth-order valence-electron chi connectivity index (χ4n) is 2.01. The molecule has 0 spiro atoms. The van der Waals surface area contributed by atoms with Gasteiger partial charge in [0.15, 0.2) is 11.5 Å². The minimum atomic E-state index is 0.211. The number of nitrogens with one attached hydrogen (secondary N) is 2. The number of hydrogen-bond acceptors (Lipinski definition) is 4. The van der Waals surface area contributed by atoms with E-state index in [1.54, 1.807) is 0 Å². The quantitative estimate of drug-likeness (QED) is 0.903. The smallest absolute Gasteiger partial charge is 0.231 e. The summed E-state index contributed by atoms with van der Waals surface area (Å²) in [5.74, 6) is 1.34. The number of ether oxygens (including phenoxy) is 2. The van der Waals surface area contributed by atoms with Crippen LogP contribution >= 0.6 is 11.6 Å². The molecule has 0 aliphatic carbocycles. The lowest BCUT2D eigenvalue weighted by atomic mass is 10.1. The van der Waals surface area contributed by atoms with E-state index >= 15 is 0 Å². The molecule has 0 saturated carbocycles. The first kappa shape index (κ1) is 12.3. The summed E-state index contributed by atoms with van der Waals surface area (Å²) in [6, 6.07) is 4.05. The third-order valence-corrected chi connectivity index (χ3v) is 3.40. The highest BCUT2D eigenvalue weighted by atomic mass is 35.5. The van der Waals surface area contributed by atoms with E-state index in [1.165, 1.54) is 0 Å². The van der Waals surface area contributed by atoms with E-state index in [9.17, 15) is 0 Å². The standard InChI is InChI=1S/C13H14ClN3O2/c1-8(10-5-16-17-6-10)15-4-9-2-11(14)13-12(3-9)18-7-19-13/h2-3,5-6,8,15H,4,7H2,1H3,(H,16,17). The molecule has 1 aliphatic rings.